The average molecular weight is 713 g/mol. The first-order valence-electron chi connectivity index (χ1n) is 19.4. The fraction of sp³-hybridized carbons (Fsp3) is 0.0185. The molecule has 0 unspecified atom stereocenters. The maximum Gasteiger partial charge on any atom is 0.145 e. The van der Waals surface area contributed by atoms with Crippen LogP contribution in [0.15, 0.2) is 206 Å². The zero-order valence-corrected chi connectivity index (χ0v) is 30.7. The molecule has 2 heteroatoms. The number of benzene rings is 9. The van der Waals surface area contributed by atoms with Gasteiger partial charge in [-0.1, -0.05) is 164 Å². The molecule has 0 amide bonds. The highest BCUT2D eigenvalue weighted by molar-refractivity contribution is 6.22. The standard InChI is InChI=1S/C54H36N2/c1-2-4-18-45(17-3-1)56-51-22-12-11-21-50(51)55-54(56)39-27-23-38(24-28-39)42-31-32-48-49(35-42)53(44-30-26-37-14-6-8-16-41(37)34-44)47-20-10-9-19-46(47)52(48)43-29-25-36-13-5-7-15-40(36)33-43/h1,3-35H,2H2. The van der Waals surface area contributed by atoms with Crippen LogP contribution in [0.1, 0.15) is 6.42 Å². The lowest BCUT2D eigenvalue weighted by Crippen LogP contribution is -1.98. The minimum absolute atomic E-state index is 0.921. The Morgan fingerprint density at radius 1 is 0.411 bits per heavy atom. The van der Waals surface area contributed by atoms with Crippen LogP contribution in [0.2, 0.25) is 0 Å². The lowest BCUT2D eigenvalue weighted by atomic mass is 9.84. The number of aromatic nitrogens is 2. The summed E-state index contributed by atoms with van der Waals surface area (Å²) < 4.78 is 2.28. The van der Waals surface area contributed by atoms with Crippen molar-refractivity contribution in [3.8, 4) is 44.8 Å². The second-order valence-corrected chi connectivity index (χ2v) is 14.7. The normalized spacial score (nSPS) is 12.9. The van der Waals surface area contributed by atoms with E-state index in [1.54, 1.807) is 0 Å². The van der Waals surface area contributed by atoms with Gasteiger partial charge in [0, 0.05) is 11.3 Å². The molecule has 0 spiro atoms. The minimum atomic E-state index is 0.921. The molecule has 1 aliphatic carbocycles. The van der Waals surface area contributed by atoms with Crippen LogP contribution in [-0.4, -0.2) is 9.55 Å². The Labute approximate surface area is 325 Å². The van der Waals surface area contributed by atoms with Crippen LogP contribution in [-0.2, 0) is 0 Å². The van der Waals surface area contributed by atoms with Gasteiger partial charge in [-0.2, -0.15) is 0 Å². The fourth-order valence-corrected chi connectivity index (χ4v) is 8.68. The summed E-state index contributed by atoms with van der Waals surface area (Å²) in [4.78, 5) is 5.15. The van der Waals surface area contributed by atoms with E-state index < -0.39 is 0 Å². The largest absolute Gasteiger partial charge is 0.292 e. The molecule has 0 radical (unpaired) electrons. The van der Waals surface area contributed by atoms with E-state index >= 15 is 0 Å². The van der Waals surface area contributed by atoms with E-state index in [0.29, 0.717) is 0 Å². The summed E-state index contributed by atoms with van der Waals surface area (Å²) >= 11 is 0. The highest BCUT2D eigenvalue weighted by Gasteiger charge is 2.19. The monoisotopic (exact) mass is 712 g/mol. The molecule has 56 heavy (non-hydrogen) atoms. The van der Waals surface area contributed by atoms with Gasteiger partial charge < -0.3 is 0 Å². The Bertz CT molecular complexity index is 3260. The Morgan fingerprint density at radius 2 is 0.964 bits per heavy atom. The van der Waals surface area contributed by atoms with Crippen LogP contribution in [0.5, 0.6) is 0 Å². The number of para-hydroxylation sites is 2. The molecule has 1 aliphatic rings. The van der Waals surface area contributed by atoms with Crippen LogP contribution >= 0.6 is 0 Å². The summed E-state index contributed by atoms with van der Waals surface area (Å²) in [6, 6.07) is 64.4. The van der Waals surface area contributed by atoms with Gasteiger partial charge in [0.25, 0.3) is 0 Å². The smallest absolute Gasteiger partial charge is 0.145 e. The molecule has 2 nitrogen and oxygen atoms in total. The number of hydrogen-bond acceptors (Lipinski definition) is 1. The molecular formula is C54H36N2. The first-order chi connectivity index (χ1) is 27.8. The SMILES string of the molecule is C1=CCC=CC(n2c(-c3ccc(-c4ccc5c(-c6ccc7ccccc7c6)c6ccccc6c(-c6ccc7ccccc7c6)c5c4)cc3)nc3ccccc32)=C1. The van der Waals surface area contributed by atoms with Gasteiger partial charge in [-0.15, -0.1) is 0 Å². The van der Waals surface area contributed by atoms with Gasteiger partial charge in [0.15, 0.2) is 0 Å². The van der Waals surface area contributed by atoms with Crippen molar-refractivity contribution in [1.82, 2.24) is 9.55 Å². The van der Waals surface area contributed by atoms with Crippen LogP contribution in [0.25, 0.3) is 105 Å². The Kier molecular flexibility index (Phi) is 7.60. The van der Waals surface area contributed by atoms with Crippen molar-refractivity contribution >= 4 is 59.8 Å². The topological polar surface area (TPSA) is 17.8 Å². The second-order valence-electron chi connectivity index (χ2n) is 14.7. The number of hydrogen-bond donors (Lipinski definition) is 0. The lowest BCUT2D eigenvalue weighted by molar-refractivity contribution is 1.14. The highest BCUT2D eigenvalue weighted by atomic mass is 15.1. The number of fused-ring (bicyclic) bond motifs is 5. The van der Waals surface area contributed by atoms with Crippen molar-refractivity contribution in [2.24, 2.45) is 0 Å². The summed E-state index contributed by atoms with van der Waals surface area (Å²) in [5, 5.41) is 9.97. The van der Waals surface area contributed by atoms with Gasteiger partial charge in [0.1, 0.15) is 5.82 Å². The zero-order chi connectivity index (χ0) is 37.0. The summed E-state index contributed by atoms with van der Waals surface area (Å²) in [7, 11) is 0. The molecule has 0 N–H and O–H groups in total. The van der Waals surface area contributed by atoms with E-state index in [1.807, 2.05) is 0 Å². The first kappa shape index (κ1) is 32.2. The predicted octanol–water partition coefficient (Wildman–Crippen LogP) is 14.7. The zero-order valence-electron chi connectivity index (χ0n) is 30.7. The third kappa shape index (κ3) is 5.38. The maximum atomic E-state index is 5.15. The van der Waals surface area contributed by atoms with E-state index in [4.69, 9.17) is 4.98 Å². The quantitative estimate of drug-likeness (QED) is 0.162. The van der Waals surface area contributed by atoms with Crippen molar-refractivity contribution in [2.75, 3.05) is 0 Å². The molecule has 262 valence electrons. The van der Waals surface area contributed by atoms with Crippen molar-refractivity contribution in [2.45, 2.75) is 6.42 Å². The first-order valence-corrected chi connectivity index (χ1v) is 19.4. The van der Waals surface area contributed by atoms with Gasteiger partial charge in [0.05, 0.1) is 11.0 Å². The van der Waals surface area contributed by atoms with Crippen molar-refractivity contribution < 1.29 is 0 Å². The van der Waals surface area contributed by atoms with Gasteiger partial charge in [-0.25, -0.2) is 4.98 Å². The molecule has 0 atom stereocenters. The van der Waals surface area contributed by atoms with Gasteiger partial charge in [-0.3, -0.25) is 4.57 Å². The van der Waals surface area contributed by atoms with E-state index in [2.05, 4.69) is 211 Å². The maximum absolute atomic E-state index is 5.15. The molecule has 9 aromatic carbocycles. The van der Waals surface area contributed by atoms with Crippen LogP contribution < -0.4 is 0 Å². The molecule has 1 aromatic heterocycles. The molecule has 0 saturated heterocycles. The Morgan fingerprint density at radius 3 is 1.68 bits per heavy atom. The molecular weight excluding hydrogens is 677 g/mol. The van der Waals surface area contributed by atoms with Crippen molar-refractivity contribution in [3.63, 3.8) is 0 Å². The van der Waals surface area contributed by atoms with E-state index in [1.165, 1.54) is 76.5 Å². The highest BCUT2D eigenvalue weighted by Crippen LogP contribution is 2.46. The summed E-state index contributed by atoms with van der Waals surface area (Å²) in [5.74, 6) is 0.938. The number of nitrogens with zero attached hydrogens (tertiary/aromatic N) is 2. The summed E-state index contributed by atoms with van der Waals surface area (Å²) in [5.41, 5.74) is 11.6. The van der Waals surface area contributed by atoms with Crippen LogP contribution in [0.4, 0.5) is 0 Å². The van der Waals surface area contributed by atoms with E-state index in [0.717, 1.165) is 34.5 Å². The molecule has 1 heterocycles. The number of allylic oxidation sites excluding steroid dienone is 6. The molecule has 0 saturated carbocycles. The van der Waals surface area contributed by atoms with Crippen LogP contribution in [0.3, 0.4) is 0 Å². The molecule has 0 bridgehead atoms. The summed E-state index contributed by atoms with van der Waals surface area (Å²) in [6.07, 6.45) is 11.8. The lowest BCUT2D eigenvalue weighted by Gasteiger charge is -2.19. The number of imidazole rings is 1. The molecule has 10 aromatic rings. The summed E-state index contributed by atoms with van der Waals surface area (Å²) in [6.45, 7) is 0. The van der Waals surface area contributed by atoms with Gasteiger partial charge in [0.2, 0.25) is 0 Å². The molecule has 0 fully saturated rings. The predicted molar refractivity (Wildman–Crippen MR) is 239 cm³/mol. The van der Waals surface area contributed by atoms with Crippen molar-refractivity contribution in [3.05, 3.63) is 206 Å². The third-order valence-corrected chi connectivity index (χ3v) is 11.4. The van der Waals surface area contributed by atoms with Crippen LogP contribution in [0, 0.1) is 0 Å². The molecule has 11 rings (SSSR count). The van der Waals surface area contributed by atoms with E-state index in [9.17, 15) is 0 Å². The Balaban J connectivity index is 1.12. The van der Waals surface area contributed by atoms with Crippen molar-refractivity contribution in [1.29, 1.82) is 0 Å². The fourth-order valence-electron chi connectivity index (χ4n) is 8.68. The third-order valence-electron chi connectivity index (χ3n) is 11.4. The number of rotatable bonds is 5. The Hall–Kier alpha value is -7.29. The van der Waals surface area contributed by atoms with E-state index in [-0.39, 0.29) is 0 Å². The second kappa shape index (κ2) is 13.2. The average Bonchev–Trinajstić information content (AvgIpc) is 3.44. The molecule has 0 aliphatic heterocycles. The van der Waals surface area contributed by atoms with Gasteiger partial charge in [-0.05, 0) is 125 Å². The van der Waals surface area contributed by atoms with Gasteiger partial charge >= 0.3 is 0 Å². The minimum Gasteiger partial charge on any atom is -0.292 e.